The number of carbonyl (C=O) groups excluding carboxylic acids is 1. The summed E-state index contributed by atoms with van der Waals surface area (Å²) in [5.74, 6) is -1.20. The summed E-state index contributed by atoms with van der Waals surface area (Å²) in [7, 11) is 0. The highest BCUT2D eigenvalue weighted by molar-refractivity contribution is 5.75. The van der Waals surface area contributed by atoms with Crippen LogP contribution in [0.25, 0.3) is 5.57 Å². The number of morpholine rings is 1. The van der Waals surface area contributed by atoms with Crippen molar-refractivity contribution in [3.05, 3.63) is 41.5 Å². The molecule has 4 nitrogen and oxygen atoms in total. The van der Waals surface area contributed by atoms with Crippen LogP contribution < -0.4 is 0 Å². The average molecular weight is 337 g/mol. The number of fused-ring (bicyclic) bond motifs is 2. The van der Waals surface area contributed by atoms with Gasteiger partial charge in [0.15, 0.2) is 0 Å². The molecule has 1 amide bonds. The molecule has 0 saturated carbocycles. The van der Waals surface area contributed by atoms with Crippen molar-refractivity contribution < 1.29 is 23.0 Å². The fourth-order valence-electron chi connectivity index (χ4n) is 3.14. The SMILES string of the molecule is CC(C)(C)OC(=O)N1C2C=C(c3ccc(F)cc3F)CC1COC2. The van der Waals surface area contributed by atoms with Crippen molar-refractivity contribution in [1.29, 1.82) is 0 Å². The molecule has 0 N–H and O–H groups in total. The number of hydrogen-bond donors (Lipinski definition) is 0. The molecule has 0 aromatic heterocycles. The van der Waals surface area contributed by atoms with Crippen molar-refractivity contribution >= 4 is 11.7 Å². The van der Waals surface area contributed by atoms with Crippen LogP contribution in [0, 0.1) is 11.6 Å². The lowest BCUT2D eigenvalue weighted by Crippen LogP contribution is -2.57. The third kappa shape index (κ3) is 3.43. The Morgan fingerprint density at radius 1 is 1.29 bits per heavy atom. The Labute approximate surface area is 140 Å². The van der Waals surface area contributed by atoms with Crippen LogP contribution in [-0.4, -0.2) is 41.9 Å². The van der Waals surface area contributed by atoms with Gasteiger partial charge in [-0.1, -0.05) is 6.08 Å². The number of nitrogens with zero attached hydrogens (tertiary/aromatic N) is 1. The van der Waals surface area contributed by atoms with Gasteiger partial charge in [-0.25, -0.2) is 13.6 Å². The normalized spacial score (nSPS) is 23.7. The predicted octanol–water partition coefficient (Wildman–Crippen LogP) is 3.76. The van der Waals surface area contributed by atoms with E-state index in [4.69, 9.17) is 9.47 Å². The smallest absolute Gasteiger partial charge is 0.411 e. The van der Waals surface area contributed by atoms with Crippen molar-refractivity contribution in [3.63, 3.8) is 0 Å². The highest BCUT2D eigenvalue weighted by atomic mass is 19.1. The first-order valence-corrected chi connectivity index (χ1v) is 8.00. The highest BCUT2D eigenvalue weighted by Crippen LogP contribution is 2.34. The molecule has 0 radical (unpaired) electrons. The van der Waals surface area contributed by atoms with Gasteiger partial charge in [0.25, 0.3) is 0 Å². The molecule has 6 heteroatoms. The van der Waals surface area contributed by atoms with Crippen LogP contribution >= 0.6 is 0 Å². The zero-order valence-electron chi connectivity index (χ0n) is 14.0. The van der Waals surface area contributed by atoms with E-state index in [1.807, 2.05) is 26.8 Å². The van der Waals surface area contributed by atoms with Crippen LogP contribution in [0.15, 0.2) is 24.3 Å². The fourth-order valence-corrected chi connectivity index (χ4v) is 3.14. The zero-order chi connectivity index (χ0) is 17.5. The Balaban J connectivity index is 1.88. The maximum absolute atomic E-state index is 14.1. The molecule has 0 spiro atoms. The Kier molecular flexibility index (Phi) is 4.34. The van der Waals surface area contributed by atoms with Gasteiger partial charge in [0.05, 0.1) is 25.3 Å². The number of benzene rings is 1. The van der Waals surface area contributed by atoms with Crippen molar-refractivity contribution in [2.24, 2.45) is 0 Å². The maximum Gasteiger partial charge on any atom is 0.411 e. The third-order valence-electron chi connectivity index (χ3n) is 4.08. The van der Waals surface area contributed by atoms with Crippen LogP contribution in [0.1, 0.15) is 32.8 Å². The summed E-state index contributed by atoms with van der Waals surface area (Å²) >= 11 is 0. The van der Waals surface area contributed by atoms with Gasteiger partial charge in [0, 0.05) is 11.6 Å². The zero-order valence-corrected chi connectivity index (χ0v) is 14.0. The minimum atomic E-state index is -0.605. The first-order valence-electron chi connectivity index (χ1n) is 8.00. The van der Waals surface area contributed by atoms with Gasteiger partial charge in [0.1, 0.15) is 17.2 Å². The Bertz CT molecular complexity index is 681. The molecule has 2 unspecified atom stereocenters. The standard InChI is InChI=1S/C18H21F2NO3/c1-18(2,3)24-17(22)21-13-6-11(7-14(21)10-23-9-13)15-5-4-12(19)8-16(15)20/h4-6,8,13-14H,7,9-10H2,1-3H3. The second-order valence-corrected chi connectivity index (χ2v) is 7.17. The van der Waals surface area contributed by atoms with E-state index in [-0.39, 0.29) is 12.1 Å². The van der Waals surface area contributed by atoms with Crippen LogP contribution in [0.4, 0.5) is 13.6 Å². The summed E-state index contributed by atoms with van der Waals surface area (Å²) in [6, 6.07) is 3.03. The van der Waals surface area contributed by atoms with Crippen molar-refractivity contribution in [2.45, 2.75) is 44.9 Å². The van der Waals surface area contributed by atoms with E-state index in [1.54, 1.807) is 4.90 Å². The molecule has 1 saturated heterocycles. The van der Waals surface area contributed by atoms with E-state index in [2.05, 4.69) is 0 Å². The predicted molar refractivity (Wildman–Crippen MR) is 85.4 cm³/mol. The van der Waals surface area contributed by atoms with Crippen LogP contribution in [0.2, 0.25) is 0 Å². The van der Waals surface area contributed by atoms with Gasteiger partial charge in [0.2, 0.25) is 0 Å². The minimum absolute atomic E-state index is 0.219. The quantitative estimate of drug-likeness (QED) is 0.783. The molecule has 2 bridgehead atoms. The largest absolute Gasteiger partial charge is 0.444 e. The monoisotopic (exact) mass is 337 g/mol. The van der Waals surface area contributed by atoms with Gasteiger partial charge in [-0.05, 0) is 44.9 Å². The number of hydrogen-bond acceptors (Lipinski definition) is 3. The summed E-state index contributed by atoms with van der Waals surface area (Å²) in [4.78, 5) is 14.1. The Morgan fingerprint density at radius 3 is 2.67 bits per heavy atom. The molecule has 0 aliphatic carbocycles. The first-order chi connectivity index (χ1) is 11.2. The molecule has 2 atom stereocenters. The van der Waals surface area contributed by atoms with E-state index in [0.29, 0.717) is 25.2 Å². The van der Waals surface area contributed by atoms with Crippen molar-refractivity contribution in [3.8, 4) is 0 Å². The van der Waals surface area contributed by atoms with Gasteiger partial charge >= 0.3 is 6.09 Å². The minimum Gasteiger partial charge on any atom is -0.444 e. The number of ether oxygens (including phenoxy) is 2. The van der Waals surface area contributed by atoms with E-state index in [0.717, 1.165) is 11.6 Å². The summed E-state index contributed by atoms with van der Waals surface area (Å²) < 4.78 is 38.2. The van der Waals surface area contributed by atoms with Gasteiger partial charge < -0.3 is 9.47 Å². The van der Waals surface area contributed by atoms with Gasteiger partial charge in [-0.2, -0.15) is 0 Å². The lowest BCUT2D eigenvalue weighted by atomic mass is 9.90. The summed E-state index contributed by atoms with van der Waals surface area (Å²) in [6.07, 6.45) is 1.87. The molecule has 2 aliphatic heterocycles. The van der Waals surface area contributed by atoms with Crippen LogP contribution in [0.5, 0.6) is 0 Å². The molecule has 2 heterocycles. The number of rotatable bonds is 1. The van der Waals surface area contributed by atoms with Gasteiger partial charge in [-0.3, -0.25) is 4.90 Å². The summed E-state index contributed by atoms with van der Waals surface area (Å²) in [6.45, 7) is 6.15. The first kappa shape index (κ1) is 16.9. The second-order valence-electron chi connectivity index (χ2n) is 7.17. The molecule has 130 valence electrons. The number of halogens is 2. The number of carbonyl (C=O) groups is 1. The van der Waals surface area contributed by atoms with Crippen LogP contribution in [0.3, 0.4) is 0 Å². The lowest BCUT2D eigenvalue weighted by Gasteiger charge is -2.44. The lowest BCUT2D eigenvalue weighted by molar-refractivity contribution is -0.0510. The highest BCUT2D eigenvalue weighted by Gasteiger charge is 2.40. The molecule has 3 rings (SSSR count). The second kappa shape index (κ2) is 6.16. The molecular weight excluding hydrogens is 316 g/mol. The van der Waals surface area contributed by atoms with E-state index >= 15 is 0 Å². The van der Waals surface area contributed by atoms with Crippen molar-refractivity contribution in [2.75, 3.05) is 13.2 Å². The summed E-state index contributed by atoms with van der Waals surface area (Å²) in [5, 5.41) is 0. The number of amides is 1. The van der Waals surface area contributed by atoms with E-state index in [9.17, 15) is 13.6 Å². The Morgan fingerprint density at radius 2 is 2.04 bits per heavy atom. The van der Waals surface area contributed by atoms with Crippen LogP contribution in [-0.2, 0) is 9.47 Å². The van der Waals surface area contributed by atoms with E-state index < -0.39 is 23.3 Å². The molecule has 24 heavy (non-hydrogen) atoms. The third-order valence-corrected chi connectivity index (χ3v) is 4.08. The molecule has 1 fully saturated rings. The van der Waals surface area contributed by atoms with E-state index in [1.165, 1.54) is 12.1 Å². The fraction of sp³-hybridized carbons (Fsp3) is 0.500. The Hall–Kier alpha value is -1.95. The van der Waals surface area contributed by atoms with Crippen molar-refractivity contribution in [1.82, 2.24) is 4.90 Å². The molecule has 1 aromatic carbocycles. The summed E-state index contributed by atoms with van der Waals surface area (Å²) in [5.41, 5.74) is 0.557. The topological polar surface area (TPSA) is 38.8 Å². The molecular formula is C18H21F2NO3. The molecule has 1 aromatic rings. The average Bonchev–Trinajstić information content (AvgIpc) is 2.44. The molecule has 2 aliphatic rings. The van der Waals surface area contributed by atoms with Gasteiger partial charge in [-0.15, -0.1) is 0 Å². The maximum atomic E-state index is 14.1.